The van der Waals surface area contributed by atoms with Crippen molar-refractivity contribution < 1.29 is 9.47 Å². The molecule has 0 spiro atoms. The highest BCUT2D eigenvalue weighted by Crippen LogP contribution is 2.30. The Kier molecular flexibility index (Phi) is 4.48. The number of nitrogens with one attached hydrogen (secondary N) is 1. The van der Waals surface area contributed by atoms with Crippen molar-refractivity contribution in [1.82, 2.24) is 20.3 Å². The zero-order valence-electron chi connectivity index (χ0n) is 15.3. The number of hydrogen-bond donors (Lipinski definition) is 1. The molecule has 3 atom stereocenters. The Morgan fingerprint density at radius 3 is 2.58 bits per heavy atom. The van der Waals surface area contributed by atoms with Gasteiger partial charge in [0.1, 0.15) is 17.8 Å². The molecule has 0 bridgehead atoms. The van der Waals surface area contributed by atoms with E-state index in [9.17, 15) is 0 Å². The molecule has 0 aliphatic carbocycles. The zero-order chi connectivity index (χ0) is 18.1. The van der Waals surface area contributed by atoms with Gasteiger partial charge >= 0.3 is 0 Å². The number of benzene rings is 2. The predicted octanol–water partition coefficient (Wildman–Crippen LogP) is 3.43. The first-order valence-electron chi connectivity index (χ1n) is 8.96. The van der Waals surface area contributed by atoms with Crippen molar-refractivity contribution in [3.05, 3.63) is 60.2 Å². The van der Waals surface area contributed by atoms with E-state index < -0.39 is 5.79 Å². The summed E-state index contributed by atoms with van der Waals surface area (Å²) in [5.41, 5.74) is 3.04. The van der Waals surface area contributed by atoms with Gasteiger partial charge in [-0.25, -0.2) is 4.68 Å². The average Bonchev–Trinajstić information content (AvgIpc) is 3.23. The highest BCUT2D eigenvalue weighted by Gasteiger charge is 2.39. The Hall–Kier alpha value is -2.28. The highest BCUT2D eigenvalue weighted by molar-refractivity contribution is 5.74. The summed E-state index contributed by atoms with van der Waals surface area (Å²) in [4.78, 5) is 0. The van der Waals surface area contributed by atoms with Crippen molar-refractivity contribution in [2.75, 3.05) is 6.61 Å². The number of ether oxygens (including phenoxy) is 2. The molecule has 0 amide bonds. The van der Waals surface area contributed by atoms with E-state index in [-0.39, 0.29) is 18.3 Å². The van der Waals surface area contributed by atoms with Gasteiger partial charge in [-0.2, -0.15) is 0 Å². The molecule has 6 nitrogen and oxygen atoms in total. The summed E-state index contributed by atoms with van der Waals surface area (Å²) in [5.74, 6) is -0.600. The topological polar surface area (TPSA) is 61.2 Å². The molecule has 6 heteroatoms. The monoisotopic (exact) mass is 352 g/mol. The molecule has 1 unspecified atom stereocenters. The number of hydrogen-bond acceptors (Lipinski definition) is 5. The summed E-state index contributed by atoms with van der Waals surface area (Å²) in [5, 5.41) is 12.4. The van der Waals surface area contributed by atoms with Crippen molar-refractivity contribution >= 4 is 11.0 Å². The first-order chi connectivity index (χ1) is 12.5. The van der Waals surface area contributed by atoms with Crippen LogP contribution in [0.5, 0.6) is 0 Å². The summed E-state index contributed by atoms with van der Waals surface area (Å²) in [6.07, 6.45) is -0.361. The molecule has 2 heterocycles. The Morgan fingerprint density at radius 2 is 1.85 bits per heavy atom. The van der Waals surface area contributed by atoms with Crippen molar-refractivity contribution in [2.45, 2.75) is 44.9 Å². The van der Waals surface area contributed by atoms with Crippen molar-refractivity contribution in [1.29, 1.82) is 0 Å². The first-order valence-corrected chi connectivity index (χ1v) is 8.96. The number of nitrogens with zero attached hydrogens (tertiary/aromatic N) is 3. The Labute approximate surface area is 153 Å². The van der Waals surface area contributed by atoms with Crippen molar-refractivity contribution in [3.63, 3.8) is 0 Å². The molecule has 1 aliphatic heterocycles. The van der Waals surface area contributed by atoms with Crippen LogP contribution >= 0.6 is 0 Å². The molecule has 1 aromatic heterocycles. The summed E-state index contributed by atoms with van der Waals surface area (Å²) < 4.78 is 13.9. The molecule has 1 N–H and O–H groups in total. The van der Waals surface area contributed by atoms with Gasteiger partial charge in [0.2, 0.25) is 0 Å². The molecule has 0 radical (unpaired) electrons. The van der Waals surface area contributed by atoms with E-state index in [0.29, 0.717) is 6.61 Å². The van der Waals surface area contributed by atoms with Gasteiger partial charge in [0, 0.05) is 6.04 Å². The van der Waals surface area contributed by atoms with Crippen LogP contribution in [0.2, 0.25) is 0 Å². The van der Waals surface area contributed by atoms with Crippen molar-refractivity contribution in [3.8, 4) is 0 Å². The summed E-state index contributed by atoms with van der Waals surface area (Å²) in [6.45, 7) is 6.51. The number of fused-ring (bicyclic) bond motifs is 1. The Bertz CT molecular complexity index is 878. The standard InChI is InChI=1S/C20H24N4O2/c1-14(15-9-5-4-6-10-15)21-19(18-13-25-20(2,3)26-18)24-17-12-8-7-11-16(17)22-23-24/h4-12,14,18-19,21H,13H2,1-3H3/t14-,18-,19?/m1/s1. The average molecular weight is 352 g/mol. The minimum atomic E-state index is -0.600. The van der Waals surface area contributed by atoms with Crippen LogP contribution in [0.3, 0.4) is 0 Å². The lowest BCUT2D eigenvalue weighted by atomic mass is 10.1. The lowest BCUT2D eigenvalue weighted by molar-refractivity contribution is -0.145. The number of rotatable bonds is 5. The molecule has 136 valence electrons. The Balaban J connectivity index is 1.68. The van der Waals surface area contributed by atoms with E-state index in [0.717, 1.165) is 11.0 Å². The maximum atomic E-state index is 6.15. The second-order valence-electron chi connectivity index (χ2n) is 7.13. The second kappa shape index (κ2) is 6.79. The molecule has 3 aromatic rings. The first kappa shape index (κ1) is 17.1. The Morgan fingerprint density at radius 1 is 1.12 bits per heavy atom. The highest BCUT2D eigenvalue weighted by atomic mass is 16.7. The molecule has 0 saturated carbocycles. The summed E-state index contributed by atoms with van der Waals surface area (Å²) in [6, 6.07) is 18.4. The van der Waals surface area contributed by atoms with Crippen LogP contribution in [0.25, 0.3) is 11.0 Å². The molecular weight excluding hydrogens is 328 g/mol. The summed E-state index contributed by atoms with van der Waals surface area (Å²) in [7, 11) is 0. The fourth-order valence-electron chi connectivity index (χ4n) is 3.39. The van der Waals surface area contributed by atoms with Crippen LogP contribution < -0.4 is 5.32 Å². The molecule has 26 heavy (non-hydrogen) atoms. The van der Waals surface area contributed by atoms with E-state index in [1.165, 1.54) is 5.56 Å². The predicted molar refractivity (Wildman–Crippen MR) is 99.5 cm³/mol. The van der Waals surface area contributed by atoms with E-state index in [1.807, 2.05) is 61.0 Å². The lowest BCUT2D eigenvalue weighted by Crippen LogP contribution is -2.40. The van der Waals surface area contributed by atoms with Gasteiger partial charge in [0.25, 0.3) is 0 Å². The molecular formula is C20H24N4O2. The third-order valence-corrected chi connectivity index (χ3v) is 4.74. The van der Waals surface area contributed by atoms with Crippen LogP contribution in [0, 0.1) is 0 Å². The van der Waals surface area contributed by atoms with Crippen LogP contribution in [0.4, 0.5) is 0 Å². The second-order valence-corrected chi connectivity index (χ2v) is 7.13. The van der Waals surface area contributed by atoms with Crippen LogP contribution in [-0.4, -0.2) is 33.5 Å². The molecule has 4 rings (SSSR count). The van der Waals surface area contributed by atoms with Crippen molar-refractivity contribution in [2.24, 2.45) is 0 Å². The molecule has 2 aromatic carbocycles. The van der Waals surface area contributed by atoms with Crippen LogP contribution in [0.1, 0.15) is 38.5 Å². The quantitative estimate of drug-likeness (QED) is 0.762. The maximum absolute atomic E-state index is 6.15. The number of para-hydroxylation sites is 1. The fraction of sp³-hybridized carbons (Fsp3) is 0.400. The molecule has 1 aliphatic rings. The van der Waals surface area contributed by atoms with E-state index in [4.69, 9.17) is 9.47 Å². The van der Waals surface area contributed by atoms with Gasteiger partial charge in [-0.05, 0) is 38.5 Å². The minimum Gasteiger partial charge on any atom is -0.348 e. The third-order valence-electron chi connectivity index (χ3n) is 4.74. The van der Waals surface area contributed by atoms with Gasteiger partial charge in [0.15, 0.2) is 5.79 Å². The maximum Gasteiger partial charge on any atom is 0.163 e. The third kappa shape index (κ3) is 3.35. The van der Waals surface area contributed by atoms with E-state index in [2.05, 4.69) is 34.7 Å². The molecule has 1 fully saturated rings. The van der Waals surface area contributed by atoms with Crippen LogP contribution in [-0.2, 0) is 9.47 Å². The largest absolute Gasteiger partial charge is 0.348 e. The number of aromatic nitrogens is 3. The lowest BCUT2D eigenvalue weighted by Gasteiger charge is -2.28. The summed E-state index contributed by atoms with van der Waals surface area (Å²) >= 11 is 0. The van der Waals surface area contributed by atoms with Gasteiger partial charge in [0.05, 0.1) is 12.1 Å². The fourth-order valence-corrected chi connectivity index (χ4v) is 3.39. The van der Waals surface area contributed by atoms with Gasteiger partial charge in [-0.1, -0.05) is 47.7 Å². The molecule has 1 saturated heterocycles. The van der Waals surface area contributed by atoms with Crippen LogP contribution in [0.15, 0.2) is 54.6 Å². The van der Waals surface area contributed by atoms with E-state index >= 15 is 0 Å². The van der Waals surface area contributed by atoms with Gasteiger partial charge in [-0.15, -0.1) is 5.10 Å². The van der Waals surface area contributed by atoms with Gasteiger partial charge in [-0.3, -0.25) is 5.32 Å². The van der Waals surface area contributed by atoms with Gasteiger partial charge < -0.3 is 9.47 Å². The minimum absolute atomic E-state index is 0.122. The zero-order valence-corrected chi connectivity index (χ0v) is 15.3. The van der Waals surface area contributed by atoms with E-state index in [1.54, 1.807) is 0 Å². The SMILES string of the molecule is C[C@@H](NC([C@H]1COC(C)(C)O1)n1nnc2ccccc21)c1ccccc1. The smallest absolute Gasteiger partial charge is 0.163 e. The normalized spacial score (nSPS) is 21.7.